The van der Waals surface area contributed by atoms with Crippen LogP contribution < -0.4 is 5.73 Å². The van der Waals surface area contributed by atoms with Crippen molar-refractivity contribution in [1.82, 2.24) is 0 Å². The second-order valence-corrected chi connectivity index (χ2v) is 2.42. The van der Waals surface area contributed by atoms with Crippen molar-refractivity contribution >= 4 is 5.78 Å². The van der Waals surface area contributed by atoms with Crippen LogP contribution in [0.2, 0.25) is 0 Å². The molecule has 0 heterocycles. The highest BCUT2D eigenvalue weighted by atomic mass is 16.1. The van der Waals surface area contributed by atoms with Crippen molar-refractivity contribution in [2.75, 3.05) is 0 Å². The molecule has 0 aromatic carbocycles. The topological polar surface area (TPSA) is 43.1 Å². The van der Waals surface area contributed by atoms with Gasteiger partial charge in [-0.25, -0.2) is 0 Å². The number of carbonyl (C=O) groups excluding carboxylic acids is 1. The lowest BCUT2D eigenvalue weighted by Crippen LogP contribution is -2.05. The number of nitrogens with two attached hydrogens (primary N) is 1. The normalized spacial score (nSPS) is 26.6. The summed E-state index contributed by atoms with van der Waals surface area (Å²) in [6.07, 6.45) is 3.16. The quantitative estimate of drug-likeness (QED) is 0.564. The SMILES string of the molecule is CCC1CC(=O)C=C1N. The van der Waals surface area contributed by atoms with E-state index in [2.05, 4.69) is 0 Å². The lowest BCUT2D eigenvalue weighted by Gasteiger charge is -2.04. The Morgan fingerprint density at radius 1 is 1.89 bits per heavy atom. The van der Waals surface area contributed by atoms with Crippen LogP contribution in [-0.2, 0) is 4.79 Å². The molecule has 2 nitrogen and oxygen atoms in total. The Hall–Kier alpha value is -0.790. The minimum atomic E-state index is 0.180. The van der Waals surface area contributed by atoms with Crippen LogP contribution in [0.4, 0.5) is 0 Å². The fraction of sp³-hybridized carbons (Fsp3) is 0.571. The summed E-state index contributed by atoms with van der Waals surface area (Å²) in [6.45, 7) is 2.05. The molecule has 0 radical (unpaired) electrons. The van der Waals surface area contributed by atoms with Crippen molar-refractivity contribution in [3.63, 3.8) is 0 Å². The van der Waals surface area contributed by atoms with Gasteiger partial charge in [-0.1, -0.05) is 6.92 Å². The van der Waals surface area contributed by atoms with Crippen molar-refractivity contribution in [3.8, 4) is 0 Å². The Morgan fingerprint density at radius 3 is 2.78 bits per heavy atom. The van der Waals surface area contributed by atoms with E-state index in [4.69, 9.17) is 5.73 Å². The van der Waals surface area contributed by atoms with Crippen LogP contribution in [0.3, 0.4) is 0 Å². The predicted molar refractivity (Wildman–Crippen MR) is 35.7 cm³/mol. The number of allylic oxidation sites excluding steroid dienone is 2. The van der Waals surface area contributed by atoms with Gasteiger partial charge in [-0.15, -0.1) is 0 Å². The first kappa shape index (κ1) is 6.33. The maximum absolute atomic E-state index is 10.7. The molecule has 0 aromatic heterocycles. The predicted octanol–water partition coefficient (Wildman–Crippen LogP) is 0.828. The Labute approximate surface area is 54.7 Å². The average molecular weight is 125 g/mol. The summed E-state index contributed by atoms with van der Waals surface area (Å²) < 4.78 is 0. The molecule has 0 saturated heterocycles. The molecule has 2 heteroatoms. The maximum Gasteiger partial charge on any atom is 0.158 e. The second-order valence-electron chi connectivity index (χ2n) is 2.42. The van der Waals surface area contributed by atoms with E-state index >= 15 is 0 Å². The lowest BCUT2D eigenvalue weighted by atomic mass is 10.0. The monoisotopic (exact) mass is 125 g/mol. The molecule has 2 N–H and O–H groups in total. The van der Waals surface area contributed by atoms with Crippen LogP contribution in [0.5, 0.6) is 0 Å². The number of hydrogen-bond acceptors (Lipinski definition) is 2. The number of ketones is 1. The third kappa shape index (κ3) is 1.12. The zero-order chi connectivity index (χ0) is 6.85. The standard InChI is InChI=1S/C7H11NO/c1-2-5-3-6(9)4-7(5)8/h4-5H,2-3,8H2,1H3. The van der Waals surface area contributed by atoms with Crippen LogP contribution >= 0.6 is 0 Å². The van der Waals surface area contributed by atoms with Crippen LogP contribution in [0.25, 0.3) is 0 Å². The van der Waals surface area contributed by atoms with E-state index in [1.54, 1.807) is 6.08 Å². The van der Waals surface area contributed by atoms with Gasteiger partial charge in [0.2, 0.25) is 0 Å². The first-order chi connectivity index (χ1) is 4.24. The molecule has 0 fully saturated rings. The van der Waals surface area contributed by atoms with Gasteiger partial charge in [0.1, 0.15) is 0 Å². The fourth-order valence-corrected chi connectivity index (χ4v) is 1.10. The molecule has 1 aliphatic rings. The number of carbonyl (C=O) groups is 1. The van der Waals surface area contributed by atoms with Gasteiger partial charge in [0.25, 0.3) is 0 Å². The van der Waals surface area contributed by atoms with E-state index in [9.17, 15) is 4.79 Å². The molecule has 0 spiro atoms. The van der Waals surface area contributed by atoms with Gasteiger partial charge in [-0.05, 0) is 6.42 Å². The van der Waals surface area contributed by atoms with Gasteiger partial charge in [-0.3, -0.25) is 4.79 Å². The minimum absolute atomic E-state index is 0.180. The highest BCUT2D eigenvalue weighted by Crippen LogP contribution is 2.21. The van der Waals surface area contributed by atoms with Crippen LogP contribution in [0.15, 0.2) is 11.8 Å². The molecule has 1 atom stereocenters. The summed E-state index contributed by atoms with van der Waals surface area (Å²) in [5.41, 5.74) is 6.29. The summed E-state index contributed by atoms with van der Waals surface area (Å²) in [6, 6.07) is 0. The molecule has 0 saturated carbocycles. The van der Waals surface area contributed by atoms with E-state index in [1.165, 1.54) is 0 Å². The first-order valence-corrected chi connectivity index (χ1v) is 3.24. The third-order valence-corrected chi connectivity index (χ3v) is 1.74. The molecular weight excluding hydrogens is 114 g/mol. The van der Waals surface area contributed by atoms with E-state index in [0.29, 0.717) is 12.3 Å². The van der Waals surface area contributed by atoms with Crippen molar-refractivity contribution in [3.05, 3.63) is 11.8 Å². The first-order valence-electron chi connectivity index (χ1n) is 3.24. The van der Waals surface area contributed by atoms with Crippen LogP contribution in [-0.4, -0.2) is 5.78 Å². The van der Waals surface area contributed by atoms with E-state index < -0.39 is 0 Å². The van der Waals surface area contributed by atoms with Gasteiger partial charge in [0, 0.05) is 24.1 Å². The van der Waals surface area contributed by atoms with E-state index in [0.717, 1.165) is 12.1 Å². The van der Waals surface area contributed by atoms with Crippen molar-refractivity contribution in [2.24, 2.45) is 11.7 Å². The van der Waals surface area contributed by atoms with Gasteiger partial charge in [0.05, 0.1) is 0 Å². The van der Waals surface area contributed by atoms with Gasteiger partial charge in [0.15, 0.2) is 5.78 Å². The molecule has 0 bridgehead atoms. The summed E-state index contributed by atoms with van der Waals surface area (Å²) in [5.74, 6) is 0.511. The molecule has 0 aromatic rings. The molecular formula is C7H11NO. The Balaban J connectivity index is 2.64. The molecule has 1 aliphatic carbocycles. The number of rotatable bonds is 1. The third-order valence-electron chi connectivity index (χ3n) is 1.74. The zero-order valence-electron chi connectivity index (χ0n) is 5.55. The van der Waals surface area contributed by atoms with Crippen LogP contribution in [0, 0.1) is 5.92 Å². The summed E-state index contributed by atoms with van der Waals surface area (Å²) in [4.78, 5) is 10.7. The van der Waals surface area contributed by atoms with Crippen molar-refractivity contribution < 1.29 is 4.79 Å². The Morgan fingerprint density at radius 2 is 2.56 bits per heavy atom. The lowest BCUT2D eigenvalue weighted by molar-refractivity contribution is -0.114. The number of hydrogen-bond donors (Lipinski definition) is 1. The fourth-order valence-electron chi connectivity index (χ4n) is 1.10. The van der Waals surface area contributed by atoms with E-state index in [1.807, 2.05) is 6.92 Å². The highest BCUT2D eigenvalue weighted by Gasteiger charge is 2.19. The second kappa shape index (κ2) is 2.21. The maximum atomic E-state index is 10.7. The molecule has 9 heavy (non-hydrogen) atoms. The molecule has 0 amide bonds. The van der Waals surface area contributed by atoms with Crippen LogP contribution in [0.1, 0.15) is 19.8 Å². The summed E-state index contributed by atoms with van der Waals surface area (Å²) >= 11 is 0. The van der Waals surface area contributed by atoms with Gasteiger partial charge in [-0.2, -0.15) is 0 Å². The minimum Gasteiger partial charge on any atom is -0.402 e. The van der Waals surface area contributed by atoms with E-state index in [-0.39, 0.29) is 5.78 Å². The summed E-state index contributed by atoms with van der Waals surface area (Å²) in [5, 5.41) is 0. The highest BCUT2D eigenvalue weighted by molar-refractivity contribution is 5.93. The zero-order valence-corrected chi connectivity index (χ0v) is 5.55. The van der Waals surface area contributed by atoms with Crippen molar-refractivity contribution in [1.29, 1.82) is 0 Å². The molecule has 1 unspecified atom stereocenters. The summed E-state index contributed by atoms with van der Waals surface area (Å²) in [7, 11) is 0. The molecule has 1 rings (SSSR count). The largest absolute Gasteiger partial charge is 0.402 e. The molecule has 0 aliphatic heterocycles. The van der Waals surface area contributed by atoms with Gasteiger partial charge >= 0.3 is 0 Å². The Bertz CT molecular complexity index is 160. The average Bonchev–Trinajstić information content (AvgIpc) is 2.10. The smallest absolute Gasteiger partial charge is 0.158 e. The molecule has 50 valence electrons. The Kier molecular flexibility index (Phi) is 1.56. The van der Waals surface area contributed by atoms with Gasteiger partial charge < -0.3 is 5.73 Å². The van der Waals surface area contributed by atoms with Crippen molar-refractivity contribution in [2.45, 2.75) is 19.8 Å².